The zero-order valence-corrected chi connectivity index (χ0v) is 13.4. The average molecular weight is 321 g/mol. The van der Waals surface area contributed by atoms with Gasteiger partial charge in [0, 0.05) is 26.3 Å². The highest BCUT2D eigenvalue weighted by Crippen LogP contribution is 2.32. The minimum atomic E-state index is -0.864. The summed E-state index contributed by atoms with van der Waals surface area (Å²) in [5.41, 5.74) is 0.933. The van der Waals surface area contributed by atoms with E-state index in [0.717, 1.165) is 37.9 Å². The quantitative estimate of drug-likeness (QED) is 0.888. The Hall–Kier alpha value is -1.89. The molecule has 2 saturated heterocycles. The van der Waals surface area contributed by atoms with Gasteiger partial charge in [-0.05, 0) is 37.2 Å². The summed E-state index contributed by atoms with van der Waals surface area (Å²) in [6.45, 7) is 1.45. The lowest BCUT2D eigenvalue weighted by molar-refractivity contribution is -0.151. The molecular weight excluding hydrogens is 298 g/mol. The zero-order chi connectivity index (χ0) is 16.4. The molecule has 3 rings (SSSR count). The fraction of sp³-hybridized carbons (Fsp3) is 0.688. The van der Waals surface area contributed by atoms with Crippen LogP contribution in [0.5, 0.6) is 0 Å². The second-order valence-electron chi connectivity index (χ2n) is 6.50. The number of aromatic nitrogens is 2. The number of carboxylic acids is 1. The number of carboxylic acid groups (broad SMARTS) is 1. The molecule has 126 valence electrons. The second kappa shape index (κ2) is 6.70. The summed E-state index contributed by atoms with van der Waals surface area (Å²) in [5.74, 6) is -0.370. The summed E-state index contributed by atoms with van der Waals surface area (Å²) in [4.78, 5) is 25.2. The number of nitrogens with zero attached hydrogens (tertiary/aromatic N) is 3. The van der Waals surface area contributed by atoms with Crippen molar-refractivity contribution in [2.24, 2.45) is 13.0 Å². The minimum Gasteiger partial charge on any atom is -0.479 e. The van der Waals surface area contributed by atoms with E-state index in [0.29, 0.717) is 18.8 Å². The molecule has 2 fully saturated rings. The number of rotatable bonds is 4. The first-order valence-electron chi connectivity index (χ1n) is 8.16. The summed E-state index contributed by atoms with van der Waals surface area (Å²) < 4.78 is 7.34. The molecule has 7 heteroatoms. The summed E-state index contributed by atoms with van der Waals surface area (Å²) in [5, 5.41) is 13.1. The molecule has 1 amide bonds. The third kappa shape index (κ3) is 3.72. The molecule has 3 heterocycles. The molecule has 0 aromatic carbocycles. The van der Waals surface area contributed by atoms with E-state index in [1.165, 1.54) is 0 Å². The molecule has 0 unspecified atom stereocenters. The first kappa shape index (κ1) is 16.0. The Morgan fingerprint density at radius 3 is 2.61 bits per heavy atom. The van der Waals surface area contributed by atoms with Crippen LogP contribution in [0.25, 0.3) is 0 Å². The maximum atomic E-state index is 12.3. The van der Waals surface area contributed by atoms with E-state index in [4.69, 9.17) is 9.84 Å². The molecule has 0 radical (unpaired) electrons. The molecule has 0 saturated carbocycles. The van der Waals surface area contributed by atoms with Gasteiger partial charge in [0.25, 0.3) is 0 Å². The van der Waals surface area contributed by atoms with Crippen molar-refractivity contribution in [3.05, 3.63) is 18.0 Å². The Balaban J connectivity index is 1.47. The lowest BCUT2D eigenvalue weighted by Crippen LogP contribution is -2.42. The van der Waals surface area contributed by atoms with Gasteiger partial charge in [-0.1, -0.05) is 0 Å². The van der Waals surface area contributed by atoms with Crippen molar-refractivity contribution in [3.8, 4) is 0 Å². The van der Waals surface area contributed by atoms with Crippen LogP contribution in [0.3, 0.4) is 0 Å². The van der Waals surface area contributed by atoms with E-state index in [-0.39, 0.29) is 12.0 Å². The van der Waals surface area contributed by atoms with E-state index in [9.17, 15) is 9.59 Å². The normalized spacial score (nSPS) is 25.7. The fourth-order valence-electron chi connectivity index (χ4n) is 3.56. The zero-order valence-electron chi connectivity index (χ0n) is 13.4. The van der Waals surface area contributed by atoms with Gasteiger partial charge >= 0.3 is 5.97 Å². The highest BCUT2D eigenvalue weighted by atomic mass is 16.5. The van der Waals surface area contributed by atoms with Gasteiger partial charge in [0.2, 0.25) is 5.91 Å². The predicted molar refractivity (Wildman–Crippen MR) is 81.7 cm³/mol. The fourth-order valence-corrected chi connectivity index (χ4v) is 3.56. The van der Waals surface area contributed by atoms with Crippen LogP contribution in [0.15, 0.2) is 12.4 Å². The number of ether oxygens (including phenoxy) is 1. The van der Waals surface area contributed by atoms with E-state index in [2.05, 4.69) is 5.10 Å². The topological polar surface area (TPSA) is 84.7 Å². The second-order valence-corrected chi connectivity index (χ2v) is 6.50. The number of aliphatic carboxylic acids is 1. The number of carbonyl (C=O) groups excluding carboxylic acids is 1. The molecule has 1 aromatic heterocycles. The van der Waals surface area contributed by atoms with Crippen LogP contribution < -0.4 is 0 Å². The highest BCUT2D eigenvalue weighted by molar-refractivity contribution is 5.78. The van der Waals surface area contributed by atoms with Crippen LogP contribution >= 0.6 is 0 Å². The molecule has 0 aliphatic carbocycles. The summed E-state index contributed by atoms with van der Waals surface area (Å²) >= 11 is 0. The highest BCUT2D eigenvalue weighted by Gasteiger charge is 2.37. The van der Waals surface area contributed by atoms with Gasteiger partial charge in [-0.15, -0.1) is 0 Å². The third-order valence-corrected chi connectivity index (χ3v) is 4.86. The van der Waals surface area contributed by atoms with E-state index in [1.54, 1.807) is 10.9 Å². The van der Waals surface area contributed by atoms with Crippen molar-refractivity contribution in [2.75, 3.05) is 13.1 Å². The van der Waals surface area contributed by atoms with Crippen molar-refractivity contribution in [1.29, 1.82) is 0 Å². The Morgan fingerprint density at radius 2 is 2.04 bits per heavy atom. The molecule has 7 nitrogen and oxygen atoms in total. The Morgan fingerprint density at radius 1 is 1.30 bits per heavy atom. The smallest absolute Gasteiger partial charge is 0.332 e. The van der Waals surface area contributed by atoms with Gasteiger partial charge in [0.1, 0.15) is 0 Å². The average Bonchev–Trinajstić information content (AvgIpc) is 3.17. The maximum absolute atomic E-state index is 12.3. The van der Waals surface area contributed by atoms with Gasteiger partial charge in [-0.2, -0.15) is 5.10 Å². The lowest BCUT2D eigenvalue weighted by atomic mass is 9.89. The standard InChI is InChI=1S/C16H23N3O4/c1-18-10-11(9-17-18)8-15(20)19-6-4-12(5-7-19)13-2-3-14(23-13)16(21)22/h9-10,12-14H,2-8H2,1H3,(H,21,22)/t13-,14+/m0/s1. The maximum Gasteiger partial charge on any atom is 0.332 e. The van der Waals surface area contributed by atoms with Crippen molar-refractivity contribution in [1.82, 2.24) is 14.7 Å². The number of piperidine rings is 1. The minimum absolute atomic E-state index is 0.0340. The SMILES string of the molecule is Cn1cc(CC(=O)N2CCC([C@@H]3CC[C@H](C(=O)O)O3)CC2)cn1. The number of likely N-dealkylation sites (tertiary alicyclic amines) is 1. The monoisotopic (exact) mass is 321 g/mol. The Bertz CT molecular complexity index is 578. The molecule has 1 N–H and O–H groups in total. The van der Waals surface area contributed by atoms with Gasteiger partial charge in [-0.25, -0.2) is 4.79 Å². The number of hydrogen-bond donors (Lipinski definition) is 1. The third-order valence-electron chi connectivity index (χ3n) is 4.86. The molecule has 2 aliphatic rings. The van der Waals surface area contributed by atoms with Crippen molar-refractivity contribution < 1.29 is 19.4 Å². The molecule has 0 spiro atoms. The number of amides is 1. The lowest BCUT2D eigenvalue weighted by Gasteiger charge is -2.34. The van der Waals surface area contributed by atoms with Crippen LogP contribution in [0.1, 0.15) is 31.2 Å². The Labute approximate surface area is 135 Å². The summed E-state index contributed by atoms with van der Waals surface area (Å²) in [7, 11) is 1.84. The molecular formula is C16H23N3O4. The van der Waals surface area contributed by atoms with Crippen molar-refractivity contribution in [3.63, 3.8) is 0 Å². The van der Waals surface area contributed by atoms with Gasteiger partial charge in [-0.3, -0.25) is 9.48 Å². The first-order chi connectivity index (χ1) is 11.0. The number of aryl methyl sites for hydroxylation is 1. The van der Waals surface area contributed by atoms with E-state index >= 15 is 0 Å². The Kier molecular flexibility index (Phi) is 4.66. The molecule has 2 atom stereocenters. The van der Waals surface area contributed by atoms with Crippen LogP contribution in [-0.4, -0.2) is 57.0 Å². The van der Waals surface area contributed by atoms with E-state index in [1.807, 2.05) is 18.1 Å². The number of carbonyl (C=O) groups is 2. The van der Waals surface area contributed by atoms with Gasteiger partial charge in [0.05, 0.1) is 18.7 Å². The van der Waals surface area contributed by atoms with Gasteiger partial charge in [0.15, 0.2) is 6.10 Å². The predicted octanol–water partition coefficient (Wildman–Crippen LogP) is 0.833. The van der Waals surface area contributed by atoms with Crippen molar-refractivity contribution in [2.45, 2.75) is 44.3 Å². The van der Waals surface area contributed by atoms with Gasteiger partial charge < -0.3 is 14.7 Å². The molecule has 0 bridgehead atoms. The van der Waals surface area contributed by atoms with E-state index < -0.39 is 12.1 Å². The number of hydrogen-bond acceptors (Lipinski definition) is 4. The summed E-state index contributed by atoms with van der Waals surface area (Å²) in [6, 6.07) is 0. The van der Waals surface area contributed by atoms with Crippen LogP contribution in [0.4, 0.5) is 0 Å². The molecule has 2 aliphatic heterocycles. The largest absolute Gasteiger partial charge is 0.479 e. The van der Waals surface area contributed by atoms with Crippen molar-refractivity contribution >= 4 is 11.9 Å². The summed E-state index contributed by atoms with van der Waals surface area (Å²) in [6.07, 6.45) is 6.54. The molecule has 23 heavy (non-hydrogen) atoms. The van der Waals surface area contributed by atoms with Crippen LogP contribution in [0, 0.1) is 5.92 Å². The van der Waals surface area contributed by atoms with Crippen LogP contribution in [0.2, 0.25) is 0 Å². The van der Waals surface area contributed by atoms with Crippen LogP contribution in [-0.2, 0) is 27.8 Å². The molecule has 1 aromatic rings. The first-order valence-corrected chi connectivity index (χ1v) is 8.16.